The fraction of sp³-hybridized carbons (Fsp3) is 0.833. The smallest absolute Gasteiger partial charge is 0.191 e. The van der Waals surface area contributed by atoms with Gasteiger partial charge in [-0.15, -0.1) is 24.0 Å². The SMILES string of the molecule is CCOC1CC(NC(=NC)NC2CCCn3nc(C)nc32)C12CCC2.I. The minimum absolute atomic E-state index is 0. The third kappa shape index (κ3) is 3.34. The van der Waals surface area contributed by atoms with E-state index in [-0.39, 0.29) is 30.0 Å². The van der Waals surface area contributed by atoms with Crippen LogP contribution in [0, 0.1) is 12.3 Å². The number of aliphatic imine (C=N–C) groups is 1. The molecule has 0 bridgehead atoms. The van der Waals surface area contributed by atoms with Crippen molar-refractivity contribution >= 4 is 29.9 Å². The van der Waals surface area contributed by atoms with Crippen molar-refractivity contribution < 1.29 is 4.74 Å². The van der Waals surface area contributed by atoms with E-state index in [0.717, 1.165) is 50.0 Å². The average molecular weight is 474 g/mol. The first-order valence-electron chi connectivity index (χ1n) is 9.69. The number of aryl methyl sites for hydroxylation is 2. The Kier molecular flexibility index (Phi) is 6.11. The molecule has 0 saturated heterocycles. The van der Waals surface area contributed by atoms with Gasteiger partial charge in [-0.25, -0.2) is 9.67 Å². The Morgan fingerprint density at radius 1 is 1.35 bits per heavy atom. The second-order valence-corrected chi connectivity index (χ2v) is 7.62. The van der Waals surface area contributed by atoms with Gasteiger partial charge in [-0.2, -0.15) is 5.10 Å². The van der Waals surface area contributed by atoms with E-state index in [2.05, 4.69) is 32.6 Å². The van der Waals surface area contributed by atoms with Crippen LogP contribution in [0.1, 0.15) is 63.1 Å². The van der Waals surface area contributed by atoms with Crippen LogP contribution in [0.2, 0.25) is 0 Å². The summed E-state index contributed by atoms with van der Waals surface area (Å²) in [5.74, 6) is 2.76. The Morgan fingerprint density at radius 3 is 2.81 bits per heavy atom. The normalized spacial score (nSPS) is 29.2. The molecule has 26 heavy (non-hydrogen) atoms. The number of ether oxygens (including phenoxy) is 1. The van der Waals surface area contributed by atoms with Gasteiger partial charge in [0, 0.05) is 31.7 Å². The van der Waals surface area contributed by atoms with Crippen LogP contribution in [0.3, 0.4) is 0 Å². The second kappa shape index (κ2) is 8.00. The third-order valence-corrected chi connectivity index (χ3v) is 6.26. The summed E-state index contributed by atoms with van der Waals surface area (Å²) in [7, 11) is 1.85. The fourth-order valence-corrected chi connectivity index (χ4v) is 4.75. The Bertz CT molecular complexity index is 656. The largest absolute Gasteiger partial charge is 0.378 e. The predicted molar refractivity (Wildman–Crippen MR) is 112 cm³/mol. The summed E-state index contributed by atoms with van der Waals surface area (Å²) in [6.07, 6.45) is 7.53. The van der Waals surface area contributed by atoms with Gasteiger partial charge >= 0.3 is 0 Å². The number of guanidine groups is 1. The van der Waals surface area contributed by atoms with Gasteiger partial charge in [0.25, 0.3) is 0 Å². The number of nitrogens with one attached hydrogen (secondary N) is 2. The van der Waals surface area contributed by atoms with E-state index in [9.17, 15) is 0 Å². The molecule has 0 radical (unpaired) electrons. The topological polar surface area (TPSA) is 76.4 Å². The van der Waals surface area contributed by atoms with E-state index < -0.39 is 0 Å². The van der Waals surface area contributed by atoms with Crippen LogP contribution in [0.5, 0.6) is 0 Å². The fourth-order valence-electron chi connectivity index (χ4n) is 4.75. The number of nitrogens with zero attached hydrogens (tertiary/aromatic N) is 4. The van der Waals surface area contributed by atoms with Gasteiger partial charge in [-0.05, 0) is 46.0 Å². The van der Waals surface area contributed by atoms with Crippen LogP contribution in [0.25, 0.3) is 0 Å². The number of hydrogen-bond acceptors (Lipinski definition) is 4. The molecule has 0 aromatic carbocycles. The summed E-state index contributed by atoms with van der Waals surface area (Å²) in [5.41, 5.74) is 0.330. The summed E-state index contributed by atoms with van der Waals surface area (Å²) in [4.78, 5) is 9.09. The number of fused-ring (bicyclic) bond motifs is 1. The van der Waals surface area contributed by atoms with E-state index in [0.29, 0.717) is 17.6 Å². The van der Waals surface area contributed by atoms with E-state index in [1.54, 1.807) is 0 Å². The molecule has 1 spiro atoms. The first-order valence-corrected chi connectivity index (χ1v) is 9.69. The Morgan fingerprint density at radius 2 is 2.15 bits per heavy atom. The summed E-state index contributed by atoms with van der Waals surface area (Å²) in [6.45, 7) is 5.82. The zero-order chi connectivity index (χ0) is 17.4. The van der Waals surface area contributed by atoms with E-state index >= 15 is 0 Å². The van der Waals surface area contributed by atoms with Gasteiger partial charge in [0.1, 0.15) is 11.6 Å². The van der Waals surface area contributed by atoms with Crippen LogP contribution in [0.4, 0.5) is 0 Å². The number of hydrogen-bond donors (Lipinski definition) is 2. The molecule has 3 unspecified atom stereocenters. The van der Waals surface area contributed by atoms with Crippen LogP contribution in [-0.2, 0) is 11.3 Å². The zero-order valence-corrected chi connectivity index (χ0v) is 18.3. The molecular weight excluding hydrogens is 443 g/mol. The molecule has 2 saturated carbocycles. The molecule has 8 heteroatoms. The maximum atomic E-state index is 5.96. The first-order chi connectivity index (χ1) is 12.2. The summed E-state index contributed by atoms with van der Waals surface area (Å²) in [6, 6.07) is 0.647. The Hall–Kier alpha value is -0.900. The lowest BCUT2D eigenvalue weighted by molar-refractivity contribution is -0.168. The third-order valence-electron chi connectivity index (χ3n) is 6.26. The predicted octanol–water partition coefficient (Wildman–Crippen LogP) is 2.55. The van der Waals surface area contributed by atoms with Gasteiger partial charge in [0.05, 0.1) is 12.1 Å². The monoisotopic (exact) mass is 474 g/mol. The highest BCUT2D eigenvalue weighted by atomic mass is 127. The summed E-state index contributed by atoms with van der Waals surface area (Å²) >= 11 is 0. The van der Waals surface area contributed by atoms with Crippen molar-refractivity contribution in [2.24, 2.45) is 10.4 Å². The van der Waals surface area contributed by atoms with Crippen molar-refractivity contribution in [3.05, 3.63) is 11.6 Å². The van der Waals surface area contributed by atoms with Gasteiger partial charge in [0.15, 0.2) is 5.96 Å². The van der Waals surface area contributed by atoms with Crippen molar-refractivity contribution in [1.29, 1.82) is 0 Å². The number of halogens is 1. The maximum Gasteiger partial charge on any atom is 0.191 e. The van der Waals surface area contributed by atoms with E-state index in [4.69, 9.17) is 4.74 Å². The second-order valence-electron chi connectivity index (χ2n) is 7.62. The van der Waals surface area contributed by atoms with Crippen molar-refractivity contribution in [2.75, 3.05) is 13.7 Å². The summed E-state index contributed by atoms with van der Waals surface area (Å²) in [5, 5.41) is 11.7. The molecule has 2 N–H and O–H groups in total. The minimum Gasteiger partial charge on any atom is -0.378 e. The molecule has 1 aliphatic heterocycles. The lowest BCUT2D eigenvalue weighted by Crippen LogP contribution is -2.68. The molecule has 2 fully saturated rings. The standard InChI is InChI=1S/C18H30N6O.HI/c1-4-25-15-11-14(18(15)8-6-9-18)22-17(19-3)21-13-7-5-10-24-16(13)20-12(2)23-24;/h13-15H,4-11H2,1-3H3,(H2,19,21,22);1H. The molecule has 4 rings (SSSR count). The van der Waals surface area contributed by atoms with Gasteiger partial charge < -0.3 is 15.4 Å². The molecule has 1 aromatic rings. The van der Waals surface area contributed by atoms with E-state index in [1.807, 2.05) is 18.7 Å². The first kappa shape index (κ1) is 19.9. The van der Waals surface area contributed by atoms with Crippen LogP contribution < -0.4 is 10.6 Å². The molecule has 1 aromatic heterocycles. The average Bonchev–Trinajstić information content (AvgIpc) is 2.92. The molecule has 0 amide bonds. The number of rotatable bonds is 4. The summed E-state index contributed by atoms with van der Waals surface area (Å²) < 4.78 is 7.99. The zero-order valence-electron chi connectivity index (χ0n) is 16.0. The van der Waals surface area contributed by atoms with Gasteiger partial charge in [-0.1, -0.05) is 6.42 Å². The molecule has 3 aliphatic rings. The maximum absolute atomic E-state index is 5.96. The lowest BCUT2D eigenvalue weighted by Gasteiger charge is -2.61. The molecule has 3 atom stereocenters. The van der Waals surface area contributed by atoms with Gasteiger partial charge in [0.2, 0.25) is 0 Å². The molecule has 2 heterocycles. The van der Waals surface area contributed by atoms with Crippen LogP contribution in [0.15, 0.2) is 4.99 Å². The highest BCUT2D eigenvalue weighted by molar-refractivity contribution is 14.0. The van der Waals surface area contributed by atoms with Crippen LogP contribution in [-0.4, -0.2) is 46.5 Å². The van der Waals surface area contributed by atoms with E-state index in [1.165, 1.54) is 19.3 Å². The highest BCUT2D eigenvalue weighted by Crippen LogP contribution is 2.57. The van der Waals surface area contributed by atoms with Crippen molar-refractivity contribution in [3.8, 4) is 0 Å². The van der Waals surface area contributed by atoms with Crippen LogP contribution >= 0.6 is 24.0 Å². The number of aromatic nitrogens is 3. The van der Waals surface area contributed by atoms with Crippen molar-refractivity contribution in [1.82, 2.24) is 25.4 Å². The molecular formula is C18H31IN6O. The highest BCUT2D eigenvalue weighted by Gasteiger charge is 2.59. The lowest BCUT2D eigenvalue weighted by atomic mass is 9.51. The minimum atomic E-state index is 0. The van der Waals surface area contributed by atoms with Crippen molar-refractivity contribution in [3.63, 3.8) is 0 Å². The molecule has 7 nitrogen and oxygen atoms in total. The molecule has 146 valence electrons. The molecule has 2 aliphatic carbocycles. The van der Waals surface area contributed by atoms with Crippen molar-refractivity contribution in [2.45, 2.75) is 77.1 Å². The Balaban J connectivity index is 0.00000196. The van der Waals surface area contributed by atoms with Gasteiger partial charge in [-0.3, -0.25) is 4.99 Å². The quantitative estimate of drug-likeness (QED) is 0.399. The Labute approximate surface area is 172 Å².